The molecule has 0 N–H and O–H groups in total. The first-order chi connectivity index (χ1) is 12.5. The van der Waals surface area contributed by atoms with Crippen LogP contribution in [0.4, 0.5) is 19.6 Å². The summed E-state index contributed by atoms with van der Waals surface area (Å²) in [5, 5.41) is 1.01. The minimum absolute atomic E-state index is 0.259. The van der Waals surface area contributed by atoms with Crippen molar-refractivity contribution >= 4 is 48.9 Å². The van der Waals surface area contributed by atoms with Gasteiger partial charge in [0.2, 0.25) is 0 Å². The van der Waals surface area contributed by atoms with E-state index in [1.165, 1.54) is 41.6 Å². The van der Waals surface area contributed by atoms with Crippen LogP contribution in [0.1, 0.15) is 28.9 Å². The molecule has 136 valence electrons. The molecule has 0 atom stereocenters. The Morgan fingerprint density at radius 1 is 1.12 bits per heavy atom. The highest BCUT2D eigenvalue weighted by molar-refractivity contribution is 7.40. The van der Waals surface area contributed by atoms with Gasteiger partial charge in [0.15, 0.2) is 16.8 Å². The maximum Gasteiger partial charge on any atom is 0.268 e. The summed E-state index contributed by atoms with van der Waals surface area (Å²) in [5.74, 6) is -2.16. The number of carbonyl (C=O) groups excluding carboxylic acids is 1. The topological polar surface area (TPSA) is 36.4 Å². The molecule has 1 aliphatic rings. The average molecular weight is 393 g/mol. The van der Waals surface area contributed by atoms with Crippen molar-refractivity contribution in [2.75, 3.05) is 29.9 Å². The minimum Gasteiger partial charge on any atom is -0.348 e. The number of carbonyl (C=O) groups is 1. The highest BCUT2D eigenvalue weighted by atomic mass is 32.2. The van der Waals surface area contributed by atoms with Crippen molar-refractivity contribution in [1.82, 2.24) is 4.98 Å². The highest BCUT2D eigenvalue weighted by Crippen LogP contribution is 2.36. The van der Waals surface area contributed by atoms with Crippen molar-refractivity contribution in [3.63, 3.8) is 0 Å². The monoisotopic (exact) mass is 393 g/mol. The molecular formula is C18H17F2N3OS2. The molecule has 2 aromatic heterocycles. The number of benzene rings is 1. The zero-order valence-corrected chi connectivity index (χ0v) is 15.8. The first-order valence-electron chi connectivity index (χ1n) is 8.41. The SMILES string of the molecule is CN(C(=O)c1cc2nc(N3CCCCC3)sc2s1)c1ccc(F)c(F)c1. The van der Waals surface area contributed by atoms with Gasteiger partial charge in [-0.05, 0) is 37.5 Å². The van der Waals surface area contributed by atoms with Gasteiger partial charge < -0.3 is 9.80 Å². The molecule has 1 saturated heterocycles. The molecule has 8 heteroatoms. The van der Waals surface area contributed by atoms with Crippen molar-refractivity contribution in [2.24, 2.45) is 0 Å². The standard InChI is InChI=1S/C18H17F2N3OS2/c1-22(11-5-6-12(19)13(20)9-11)16(24)15-10-14-17(25-15)26-18(21-14)23-7-3-2-4-8-23/h5-6,9-10H,2-4,7-8H2,1H3. The first kappa shape index (κ1) is 17.4. The number of amides is 1. The van der Waals surface area contributed by atoms with E-state index in [2.05, 4.69) is 9.88 Å². The zero-order chi connectivity index (χ0) is 18.3. The van der Waals surface area contributed by atoms with Gasteiger partial charge in [-0.2, -0.15) is 0 Å². The molecule has 0 radical (unpaired) electrons. The molecule has 0 saturated carbocycles. The van der Waals surface area contributed by atoms with Crippen molar-refractivity contribution < 1.29 is 13.6 Å². The summed E-state index contributed by atoms with van der Waals surface area (Å²) in [5.41, 5.74) is 1.13. The smallest absolute Gasteiger partial charge is 0.268 e. The molecule has 3 aromatic rings. The van der Waals surface area contributed by atoms with E-state index in [-0.39, 0.29) is 5.91 Å². The Balaban J connectivity index is 1.56. The quantitative estimate of drug-likeness (QED) is 0.635. The van der Waals surface area contributed by atoms with Gasteiger partial charge in [0.1, 0.15) is 4.01 Å². The van der Waals surface area contributed by atoms with Crippen molar-refractivity contribution in [3.05, 3.63) is 40.8 Å². The van der Waals surface area contributed by atoms with Crippen LogP contribution in [0, 0.1) is 11.6 Å². The van der Waals surface area contributed by atoms with E-state index in [1.807, 2.05) is 0 Å². The van der Waals surface area contributed by atoms with Gasteiger partial charge in [-0.1, -0.05) is 11.3 Å². The van der Waals surface area contributed by atoms with Gasteiger partial charge in [0.25, 0.3) is 5.91 Å². The molecule has 26 heavy (non-hydrogen) atoms. The maximum atomic E-state index is 13.4. The molecule has 0 spiro atoms. The van der Waals surface area contributed by atoms with Crippen LogP contribution in [0.3, 0.4) is 0 Å². The Kier molecular flexibility index (Phi) is 4.62. The first-order valence-corrected chi connectivity index (χ1v) is 10.0. The second-order valence-corrected chi connectivity index (χ2v) is 8.58. The Bertz CT molecular complexity index is 931. The van der Waals surface area contributed by atoms with E-state index in [0.29, 0.717) is 10.6 Å². The molecule has 1 aromatic carbocycles. The predicted molar refractivity (Wildman–Crippen MR) is 103 cm³/mol. The van der Waals surface area contributed by atoms with E-state index >= 15 is 0 Å². The van der Waals surface area contributed by atoms with Gasteiger partial charge in [-0.15, -0.1) is 11.3 Å². The van der Waals surface area contributed by atoms with Crippen LogP contribution in [-0.2, 0) is 0 Å². The van der Waals surface area contributed by atoms with E-state index in [4.69, 9.17) is 0 Å². The third kappa shape index (κ3) is 3.19. The largest absolute Gasteiger partial charge is 0.348 e. The number of nitrogens with zero attached hydrogens (tertiary/aromatic N) is 3. The fourth-order valence-corrected chi connectivity index (χ4v) is 5.32. The number of thiophene rings is 1. The number of piperidine rings is 1. The van der Waals surface area contributed by atoms with E-state index < -0.39 is 11.6 Å². The second kappa shape index (κ2) is 6.92. The van der Waals surface area contributed by atoms with Crippen molar-refractivity contribution in [3.8, 4) is 0 Å². The summed E-state index contributed by atoms with van der Waals surface area (Å²) >= 11 is 3.00. The molecule has 0 bridgehead atoms. The lowest BCUT2D eigenvalue weighted by atomic mass is 10.1. The van der Waals surface area contributed by atoms with Crippen LogP contribution < -0.4 is 9.80 Å². The fourth-order valence-electron chi connectivity index (χ4n) is 3.03. The summed E-state index contributed by atoms with van der Waals surface area (Å²) in [6, 6.07) is 5.21. The van der Waals surface area contributed by atoms with E-state index in [0.717, 1.165) is 39.9 Å². The molecule has 4 rings (SSSR count). The second-order valence-electron chi connectivity index (χ2n) is 6.29. The number of hydrogen-bond donors (Lipinski definition) is 0. The number of fused-ring (bicyclic) bond motifs is 1. The van der Waals surface area contributed by atoms with Gasteiger partial charge >= 0.3 is 0 Å². The van der Waals surface area contributed by atoms with Gasteiger partial charge in [0, 0.05) is 31.9 Å². The van der Waals surface area contributed by atoms with Crippen LogP contribution in [-0.4, -0.2) is 31.0 Å². The fraction of sp³-hybridized carbons (Fsp3) is 0.333. The lowest BCUT2D eigenvalue weighted by Gasteiger charge is -2.25. The number of hydrogen-bond acceptors (Lipinski definition) is 5. The Hall–Kier alpha value is -2.06. The Morgan fingerprint density at radius 2 is 1.88 bits per heavy atom. The van der Waals surface area contributed by atoms with Crippen molar-refractivity contribution in [1.29, 1.82) is 0 Å². The minimum atomic E-state index is -0.970. The molecule has 3 heterocycles. The Labute approximate surface area is 157 Å². The third-order valence-electron chi connectivity index (χ3n) is 4.51. The summed E-state index contributed by atoms with van der Waals surface area (Å²) in [4.78, 5) is 21.5. The third-order valence-corrected chi connectivity index (χ3v) is 6.85. The number of anilines is 2. The van der Waals surface area contributed by atoms with Crippen LogP contribution in [0.5, 0.6) is 0 Å². The van der Waals surface area contributed by atoms with Crippen LogP contribution in [0.15, 0.2) is 24.3 Å². The molecule has 0 unspecified atom stereocenters. The lowest BCUT2D eigenvalue weighted by molar-refractivity contribution is 0.0997. The Morgan fingerprint density at radius 3 is 2.58 bits per heavy atom. The summed E-state index contributed by atoms with van der Waals surface area (Å²) in [6.07, 6.45) is 3.65. The average Bonchev–Trinajstić information content (AvgIpc) is 3.22. The maximum absolute atomic E-state index is 13.4. The van der Waals surface area contributed by atoms with Crippen LogP contribution in [0.25, 0.3) is 9.53 Å². The van der Waals surface area contributed by atoms with Crippen LogP contribution >= 0.6 is 22.7 Å². The summed E-state index contributed by atoms with van der Waals surface area (Å²) < 4.78 is 27.5. The number of halogens is 2. The molecule has 1 aliphatic heterocycles. The lowest BCUT2D eigenvalue weighted by Crippen LogP contribution is -2.29. The molecule has 1 amide bonds. The number of aromatic nitrogens is 1. The molecule has 1 fully saturated rings. The summed E-state index contributed by atoms with van der Waals surface area (Å²) in [7, 11) is 1.55. The van der Waals surface area contributed by atoms with Crippen molar-refractivity contribution in [2.45, 2.75) is 19.3 Å². The van der Waals surface area contributed by atoms with Gasteiger partial charge in [-0.25, -0.2) is 13.8 Å². The van der Waals surface area contributed by atoms with E-state index in [1.54, 1.807) is 24.5 Å². The number of rotatable bonds is 3. The van der Waals surface area contributed by atoms with E-state index in [9.17, 15) is 13.6 Å². The number of thiazole rings is 1. The molecular weight excluding hydrogens is 376 g/mol. The summed E-state index contributed by atoms with van der Waals surface area (Å²) in [6.45, 7) is 2.07. The van der Waals surface area contributed by atoms with Crippen LogP contribution in [0.2, 0.25) is 0 Å². The van der Waals surface area contributed by atoms with Gasteiger partial charge in [-0.3, -0.25) is 4.79 Å². The normalized spacial score (nSPS) is 14.8. The zero-order valence-electron chi connectivity index (χ0n) is 14.2. The van der Waals surface area contributed by atoms with Gasteiger partial charge in [0.05, 0.1) is 10.4 Å². The highest BCUT2D eigenvalue weighted by Gasteiger charge is 2.21. The molecule has 0 aliphatic carbocycles. The predicted octanol–water partition coefficient (Wildman–Crippen LogP) is 4.90. The molecule has 4 nitrogen and oxygen atoms in total.